The summed E-state index contributed by atoms with van der Waals surface area (Å²) < 4.78 is 10.7. The van der Waals surface area contributed by atoms with Crippen LogP contribution in [0.3, 0.4) is 0 Å². The highest BCUT2D eigenvalue weighted by atomic mass is 28.4. The molecule has 0 bridgehead atoms. The number of benzene rings is 1. The molecular formula is C19H31NO5Si. The SMILES string of the molecule is CCCCOc1cc(C(=O)CCC(=O)OCCC[Si](C)(C)O)ccc1N. The van der Waals surface area contributed by atoms with Gasteiger partial charge in [0.15, 0.2) is 14.1 Å². The number of ketones is 1. The van der Waals surface area contributed by atoms with Crippen LogP contribution >= 0.6 is 0 Å². The Hall–Kier alpha value is -1.86. The van der Waals surface area contributed by atoms with Crippen molar-refractivity contribution in [1.82, 2.24) is 0 Å². The van der Waals surface area contributed by atoms with Gasteiger partial charge in [-0.2, -0.15) is 0 Å². The van der Waals surface area contributed by atoms with Crippen molar-refractivity contribution in [1.29, 1.82) is 0 Å². The average molecular weight is 382 g/mol. The number of nitrogen functional groups attached to an aromatic ring is 1. The minimum absolute atomic E-state index is 0.0369. The molecule has 6 nitrogen and oxygen atoms in total. The van der Waals surface area contributed by atoms with Gasteiger partial charge in [-0.3, -0.25) is 9.59 Å². The first-order valence-electron chi connectivity index (χ1n) is 9.16. The summed E-state index contributed by atoms with van der Waals surface area (Å²) in [5.74, 6) is -0.0421. The van der Waals surface area contributed by atoms with Crippen LogP contribution in [0.2, 0.25) is 19.1 Å². The van der Waals surface area contributed by atoms with E-state index in [1.54, 1.807) is 18.2 Å². The van der Waals surface area contributed by atoms with Crippen LogP contribution in [0.4, 0.5) is 5.69 Å². The van der Waals surface area contributed by atoms with Gasteiger partial charge in [0.1, 0.15) is 5.75 Å². The van der Waals surface area contributed by atoms with Crippen molar-refractivity contribution >= 4 is 25.8 Å². The summed E-state index contributed by atoms with van der Waals surface area (Å²) in [4.78, 5) is 33.7. The summed E-state index contributed by atoms with van der Waals surface area (Å²) in [5.41, 5.74) is 6.84. The van der Waals surface area contributed by atoms with E-state index in [4.69, 9.17) is 15.2 Å². The number of hydrogen-bond donors (Lipinski definition) is 2. The van der Waals surface area contributed by atoms with E-state index in [0.29, 0.717) is 36.1 Å². The Balaban J connectivity index is 2.42. The fourth-order valence-electron chi connectivity index (χ4n) is 2.28. The second-order valence-corrected chi connectivity index (χ2v) is 11.1. The summed E-state index contributed by atoms with van der Waals surface area (Å²) >= 11 is 0. The van der Waals surface area contributed by atoms with Gasteiger partial charge in [0.25, 0.3) is 0 Å². The zero-order valence-electron chi connectivity index (χ0n) is 16.0. The second-order valence-electron chi connectivity index (χ2n) is 7.01. The maximum Gasteiger partial charge on any atom is 0.306 e. The van der Waals surface area contributed by atoms with E-state index in [0.717, 1.165) is 12.8 Å². The standard InChI is InChI=1S/C19H31NO5Si/c1-4-5-11-24-18-14-15(7-8-16(18)20)17(21)9-10-19(22)25-12-6-13-26(2,3)23/h7-8,14,23H,4-6,9-13,20H2,1-3H3. The first kappa shape index (κ1) is 22.2. The molecule has 0 saturated heterocycles. The average Bonchev–Trinajstić information content (AvgIpc) is 2.57. The molecule has 0 amide bonds. The molecule has 7 heteroatoms. The second kappa shape index (κ2) is 11.0. The Labute approximate surface area is 156 Å². The van der Waals surface area contributed by atoms with Crippen LogP contribution in [0.25, 0.3) is 0 Å². The molecular weight excluding hydrogens is 350 g/mol. The molecule has 146 valence electrons. The molecule has 0 unspecified atom stereocenters. The highest BCUT2D eigenvalue weighted by molar-refractivity contribution is 6.69. The first-order valence-corrected chi connectivity index (χ1v) is 12.3. The molecule has 0 heterocycles. The number of ether oxygens (including phenoxy) is 2. The van der Waals surface area contributed by atoms with Gasteiger partial charge in [-0.1, -0.05) is 13.3 Å². The predicted octanol–water partition coefficient (Wildman–Crippen LogP) is 3.54. The first-order chi connectivity index (χ1) is 12.2. The van der Waals surface area contributed by atoms with Crippen molar-refractivity contribution < 1.29 is 23.9 Å². The molecule has 0 atom stereocenters. The molecule has 0 saturated carbocycles. The number of carbonyl (C=O) groups is 2. The number of carbonyl (C=O) groups excluding carboxylic acids is 2. The number of nitrogens with two attached hydrogens (primary N) is 1. The predicted molar refractivity (Wildman–Crippen MR) is 105 cm³/mol. The van der Waals surface area contributed by atoms with Crippen molar-refractivity contribution in [3.05, 3.63) is 23.8 Å². The van der Waals surface area contributed by atoms with E-state index in [9.17, 15) is 14.4 Å². The summed E-state index contributed by atoms with van der Waals surface area (Å²) in [7, 11) is -2.10. The summed E-state index contributed by atoms with van der Waals surface area (Å²) in [6.07, 6.45) is 2.69. The molecule has 0 radical (unpaired) electrons. The van der Waals surface area contributed by atoms with Gasteiger partial charge in [0.2, 0.25) is 0 Å². The monoisotopic (exact) mass is 381 g/mol. The number of esters is 1. The number of anilines is 1. The van der Waals surface area contributed by atoms with E-state index in [2.05, 4.69) is 6.92 Å². The molecule has 1 aromatic rings. The van der Waals surface area contributed by atoms with Crippen molar-refractivity contribution in [3.63, 3.8) is 0 Å². The zero-order valence-corrected chi connectivity index (χ0v) is 17.0. The number of Topliss-reactive ketones (excluding diaryl/α,β-unsaturated/α-hetero) is 1. The Morgan fingerprint density at radius 2 is 1.88 bits per heavy atom. The van der Waals surface area contributed by atoms with E-state index >= 15 is 0 Å². The van der Waals surface area contributed by atoms with Gasteiger partial charge >= 0.3 is 5.97 Å². The van der Waals surface area contributed by atoms with E-state index in [-0.39, 0.29) is 25.2 Å². The molecule has 3 N–H and O–H groups in total. The van der Waals surface area contributed by atoms with Gasteiger partial charge in [0.05, 0.1) is 25.3 Å². The van der Waals surface area contributed by atoms with Gasteiger partial charge in [-0.25, -0.2) is 0 Å². The highest BCUT2D eigenvalue weighted by Crippen LogP contribution is 2.24. The van der Waals surface area contributed by atoms with Crippen molar-refractivity contribution in [2.75, 3.05) is 18.9 Å². The van der Waals surface area contributed by atoms with Gasteiger partial charge in [-0.05, 0) is 50.2 Å². The van der Waals surface area contributed by atoms with Crippen LogP contribution in [0, 0.1) is 0 Å². The Morgan fingerprint density at radius 1 is 1.15 bits per heavy atom. The topological polar surface area (TPSA) is 98.9 Å². The van der Waals surface area contributed by atoms with Crippen LogP contribution in [0.1, 0.15) is 49.4 Å². The molecule has 0 aromatic heterocycles. The highest BCUT2D eigenvalue weighted by Gasteiger charge is 2.16. The maximum atomic E-state index is 12.3. The molecule has 0 fully saturated rings. The molecule has 0 aliphatic rings. The minimum atomic E-state index is -2.10. The minimum Gasteiger partial charge on any atom is -0.491 e. The Morgan fingerprint density at radius 3 is 2.54 bits per heavy atom. The fraction of sp³-hybridized carbons (Fsp3) is 0.579. The lowest BCUT2D eigenvalue weighted by Gasteiger charge is -2.13. The third kappa shape index (κ3) is 9.01. The summed E-state index contributed by atoms with van der Waals surface area (Å²) in [6, 6.07) is 5.61. The molecule has 0 aliphatic carbocycles. The Kier molecular flexibility index (Phi) is 9.36. The molecule has 1 aromatic carbocycles. The molecule has 1 rings (SSSR count). The van der Waals surface area contributed by atoms with Crippen molar-refractivity contribution in [2.45, 2.75) is 58.2 Å². The van der Waals surface area contributed by atoms with Gasteiger partial charge in [0, 0.05) is 12.0 Å². The normalized spacial score (nSPS) is 11.2. The van der Waals surface area contributed by atoms with Crippen molar-refractivity contribution in [2.24, 2.45) is 0 Å². The van der Waals surface area contributed by atoms with Crippen molar-refractivity contribution in [3.8, 4) is 5.75 Å². The van der Waals surface area contributed by atoms with Gasteiger partial charge in [-0.15, -0.1) is 0 Å². The van der Waals surface area contributed by atoms with Crippen LogP contribution < -0.4 is 10.5 Å². The van der Waals surface area contributed by atoms with E-state index in [1.165, 1.54) is 0 Å². The zero-order chi connectivity index (χ0) is 19.6. The van der Waals surface area contributed by atoms with Crippen LogP contribution in [-0.4, -0.2) is 38.1 Å². The largest absolute Gasteiger partial charge is 0.491 e. The Bertz CT molecular complexity index is 598. The van der Waals surface area contributed by atoms with Crippen LogP contribution in [-0.2, 0) is 9.53 Å². The third-order valence-electron chi connectivity index (χ3n) is 3.84. The molecule has 0 spiro atoms. The van der Waals surface area contributed by atoms with Crippen LogP contribution in [0.5, 0.6) is 5.75 Å². The fourth-order valence-corrected chi connectivity index (χ4v) is 3.29. The van der Waals surface area contributed by atoms with Gasteiger partial charge < -0.3 is 20.0 Å². The van der Waals surface area contributed by atoms with E-state index < -0.39 is 14.3 Å². The lowest BCUT2D eigenvalue weighted by Crippen LogP contribution is -2.25. The van der Waals surface area contributed by atoms with Crippen LogP contribution in [0.15, 0.2) is 18.2 Å². The maximum absolute atomic E-state index is 12.3. The molecule has 0 aliphatic heterocycles. The number of hydrogen-bond acceptors (Lipinski definition) is 6. The van der Waals surface area contributed by atoms with E-state index in [1.807, 2.05) is 13.1 Å². The summed E-state index contributed by atoms with van der Waals surface area (Å²) in [6.45, 7) is 6.60. The quantitative estimate of drug-likeness (QED) is 0.189. The smallest absolute Gasteiger partial charge is 0.306 e. The lowest BCUT2D eigenvalue weighted by molar-refractivity contribution is -0.143. The molecule has 26 heavy (non-hydrogen) atoms. The lowest BCUT2D eigenvalue weighted by atomic mass is 10.1. The third-order valence-corrected chi connectivity index (χ3v) is 5.42. The summed E-state index contributed by atoms with van der Waals surface area (Å²) in [5, 5.41) is 0. The number of rotatable bonds is 12. The number of unbranched alkanes of at least 4 members (excludes halogenated alkanes) is 1.